The number of allylic oxidation sites excluding steroid dienone is 2. The van der Waals surface area contributed by atoms with Gasteiger partial charge in [-0.05, 0) is 12.6 Å². The predicted octanol–water partition coefficient (Wildman–Crippen LogP) is 1.95. The van der Waals surface area contributed by atoms with Crippen molar-refractivity contribution in [1.82, 2.24) is 4.90 Å². The van der Waals surface area contributed by atoms with Crippen molar-refractivity contribution in [3.63, 3.8) is 0 Å². The van der Waals surface area contributed by atoms with E-state index in [1.807, 2.05) is 13.2 Å². The second-order valence-electron chi connectivity index (χ2n) is 2.46. The van der Waals surface area contributed by atoms with E-state index in [4.69, 9.17) is 0 Å². The van der Waals surface area contributed by atoms with E-state index in [0.717, 1.165) is 6.42 Å². The zero-order valence-electron chi connectivity index (χ0n) is 6.33. The Labute approximate surface area is 62.3 Å². The smallest absolute Gasteiger partial charge is 0.0501 e. The van der Waals surface area contributed by atoms with Crippen LogP contribution in [0.3, 0.4) is 0 Å². The van der Waals surface area contributed by atoms with Crippen LogP contribution in [-0.2, 0) is 0 Å². The van der Waals surface area contributed by atoms with E-state index in [9.17, 15) is 0 Å². The van der Waals surface area contributed by atoms with Gasteiger partial charge in [-0.2, -0.15) is 0 Å². The third-order valence-corrected chi connectivity index (χ3v) is 1.77. The van der Waals surface area contributed by atoms with Crippen LogP contribution < -0.4 is 0 Å². The molecule has 0 aromatic carbocycles. The van der Waals surface area contributed by atoms with E-state index in [1.54, 1.807) is 0 Å². The van der Waals surface area contributed by atoms with Gasteiger partial charge in [0, 0.05) is 7.05 Å². The third kappa shape index (κ3) is 1.50. The molecule has 0 radical (unpaired) electrons. The van der Waals surface area contributed by atoms with E-state index in [-0.39, 0.29) is 0 Å². The van der Waals surface area contributed by atoms with Crippen molar-refractivity contribution in [1.29, 1.82) is 0 Å². The Balaban J connectivity index is 2.50. The van der Waals surface area contributed by atoms with Crippen LogP contribution in [0.15, 0.2) is 37.1 Å². The second kappa shape index (κ2) is 3.25. The highest BCUT2D eigenvalue weighted by Crippen LogP contribution is 2.08. The van der Waals surface area contributed by atoms with Crippen molar-refractivity contribution < 1.29 is 0 Å². The summed E-state index contributed by atoms with van der Waals surface area (Å²) >= 11 is 0. The molecule has 0 N–H and O–H groups in total. The van der Waals surface area contributed by atoms with Crippen LogP contribution in [0.25, 0.3) is 0 Å². The second-order valence-corrected chi connectivity index (χ2v) is 2.46. The zero-order chi connectivity index (χ0) is 7.40. The van der Waals surface area contributed by atoms with Gasteiger partial charge in [0.2, 0.25) is 0 Å². The van der Waals surface area contributed by atoms with Crippen LogP contribution in [0.2, 0.25) is 0 Å². The first-order valence-corrected chi connectivity index (χ1v) is 3.52. The monoisotopic (exact) mass is 135 g/mol. The van der Waals surface area contributed by atoms with Gasteiger partial charge in [-0.1, -0.05) is 30.9 Å². The summed E-state index contributed by atoms with van der Waals surface area (Å²) < 4.78 is 0. The minimum atomic E-state index is 0.516. The van der Waals surface area contributed by atoms with Crippen LogP contribution in [-0.4, -0.2) is 18.0 Å². The van der Waals surface area contributed by atoms with Crippen molar-refractivity contribution in [2.45, 2.75) is 12.5 Å². The fourth-order valence-corrected chi connectivity index (χ4v) is 1.00. The van der Waals surface area contributed by atoms with Gasteiger partial charge in [0.1, 0.15) is 0 Å². The van der Waals surface area contributed by atoms with Crippen LogP contribution in [0.1, 0.15) is 6.42 Å². The number of hydrogen-bond donors (Lipinski definition) is 0. The fraction of sp³-hybridized carbons (Fsp3) is 0.333. The summed E-state index contributed by atoms with van der Waals surface area (Å²) in [4.78, 5) is 2.11. The van der Waals surface area contributed by atoms with E-state index < -0.39 is 0 Å². The van der Waals surface area contributed by atoms with Crippen molar-refractivity contribution in [3.05, 3.63) is 37.1 Å². The van der Waals surface area contributed by atoms with Crippen LogP contribution in [0.5, 0.6) is 0 Å². The fourth-order valence-electron chi connectivity index (χ4n) is 1.00. The standard InChI is InChI=1S/C9H13N/c1-3-10(2)9-7-5-4-6-8-9/h3-7,9H,1,8H2,2H3. The molecule has 1 aliphatic rings. The predicted molar refractivity (Wildman–Crippen MR) is 44.6 cm³/mol. The largest absolute Gasteiger partial charge is 0.374 e. The molecule has 0 saturated heterocycles. The first kappa shape index (κ1) is 7.13. The van der Waals surface area contributed by atoms with Gasteiger partial charge >= 0.3 is 0 Å². The molecule has 0 amide bonds. The lowest BCUT2D eigenvalue weighted by Crippen LogP contribution is -2.24. The highest BCUT2D eigenvalue weighted by atomic mass is 15.1. The van der Waals surface area contributed by atoms with Gasteiger partial charge < -0.3 is 4.90 Å². The average Bonchev–Trinajstić information content (AvgIpc) is 2.05. The number of nitrogens with zero attached hydrogens (tertiary/aromatic N) is 1. The number of hydrogen-bond acceptors (Lipinski definition) is 1. The minimum absolute atomic E-state index is 0.516. The first-order valence-electron chi connectivity index (χ1n) is 3.52. The summed E-state index contributed by atoms with van der Waals surface area (Å²) in [7, 11) is 2.04. The molecule has 10 heavy (non-hydrogen) atoms. The van der Waals surface area contributed by atoms with Crippen molar-refractivity contribution in [3.8, 4) is 0 Å². The lowest BCUT2D eigenvalue weighted by atomic mass is 10.1. The number of likely N-dealkylation sites (N-methyl/N-ethyl adjacent to an activating group) is 1. The molecule has 0 aromatic rings. The molecule has 1 aliphatic carbocycles. The van der Waals surface area contributed by atoms with Crippen molar-refractivity contribution in [2.24, 2.45) is 0 Å². The molecule has 0 heterocycles. The molecule has 0 spiro atoms. The van der Waals surface area contributed by atoms with Gasteiger partial charge in [0.05, 0.1) is 6.04 Å². The molecule has 1 atom stereocenters. The van der Waals surface area contributed by atoms with Gasteiger partial charge in [-0.3, -0.25) is 0 Å². The quantitative estimate of drug-likeness (QED) is 0.559. The Kier molecular flexibility index (Phi) is 2.32. The Hall–Kier alpha value is -0.980. The molecule has 0 aromatic heterocycles. The highest BCUT2D eigenvalue weighted by Gasteiger charge is 2.05. The van der Waals surface area contributed by atoms with Crippen LogP contribution >= 0.6 is 0 Å². The van der Waals surface area contributed by atoms with Crippen LogP contribution in [0.4, 0.5) is 0 Å². The molecule has 1 unspecified atom stereocenters. The van der Waals surface area contributed by atoms with E-state index in [1.165, 1.54) is 0 Å². The lowest BCUT2D eigenvalue weighted by molar-refractivity contribution is 0.386. The summed E-state index contributed by atoms with van der Waals surface area (Å²) in [5.74, 6) is 0. The van der Waals surface area contributed by atoms with Crippen molar-refractivity contribution >= 4 is 0 Å². The topological polar surface area (TPSA) is 3.24 Å². The van der Waals surface area contributed by atoms with E-state index >= 15 is 0 Å². The molecular weight excluding hydrogens is 122 g/mol. The average molecular weight is 135 g/mol. The molecule has 0 aliphatic heterocycles. The maximum absolute atomic E-state index is 3.70. The Morgan fingerprint density at radius 3 is 2.90 bits per heavy atom. The molecule has 0 fully saturated rings. The maximum atomic E-state index is 3.70. The van der Waals surface area contributed by atoms with Gasteiger partial charge in [0.15, 0.2) is 0 Å². The molecule has 1 nitrogen and oxygen atoms in total. The summed E-state index contributed by atoms with van der Waals surface area (Å²) in [6, 6.07) is 0.516. The normalized spacial score (nSPS) is 22.7. The van der Waals surface area contributed by atoms with Crippen molar-refractivity contribution in [2.75, 3.05) is 7.05 Å². The third-order valence-electron chi connectivity index (χ3n) is 1.77. The van der Waals surface area contributed by atoms with Gasteiger partial charge in [-0.15, -0.1) is 0 Å². The van der Waals surface area contributed by atoms with E-state index in [0.29, 0.717) is 6.04 Å². The minimum Gasteiger partial charge on any atom is -0.374 e. The summed E-state index contributed by atoms with van der Waals surface area (Å²) in [5, 5.41) is 0. The molecule has 1 heteroatoms. The molecule has 0 saturated carbocycles. The molecule has 54 valence electrons. The Morgan fingerprint density at radius 1 is 1.60 bits per heavy atom. The van der Waals surface area contributed by atoms with Gasteiger partial charge in [-0.25, -0.2) is 0 Å². The maximum Gasteiger partial charge on any atom is 0.0501 e. The summed E-state index contributed by atoms with van der Waals surface area (Å²) in [5.41, 5.74) is 0. The first-order chi connectivity index (χ1) is 4.84. The molecule has 0 bridgehead atoms. The van der Waals surface area contributed by atoms with Gasteiger partial charge in [0.25, 0.3) is 0 Å². The molecular formula is C9H13N. The Morgan fingerprint density at radius 2 is 2.40 bits per heavy atom. The lowest BCUT2D eigenvalue weighted by Gasteiger charge is -2.23. The highest BCUT2D eigenvalue weighted by molar-refractivity contribution is 5.14. The van der Waals surface area contributed by atoms with Crippen LogP contribution in [0, 0.1) is 0 Å². The summed E-state index contributed by atoms with van der Waals surface area (Å²) in [6.45, 7) is 3.70. The SMILES string of the molecule is C=CN(C)C1C=CC=CC1. The summed E-state index contributed by atoms with van der Waals surface area (Å²) in [6.07, 6.45) is 11.5. The molecule has 1 rings (SSSR count). The zero-order valence-corrected chi connectivity index (χ0v) is 6.33. The van der Waals surface area contributed by atoms with E-state index in [2.05, 4.69) is 35.8 Å². The Bertz CT molecular complexity index is 168. The number of rotatable bonds is 2.